The van der Waals surface area contributed by atoms with Crippen molar-refractivity contribution in [3.05, 3.63) is 33.9 Å². The summed E-state index contributed by atoms with van der Waals surface area (Å²) in [4.78, 5) is 0. The Hall–Kier alpha value is -0.490. The lowest BCUT2D eigenvalue weighted by molar-refractivity contribution is 0.348. The number of rotatable bonds is 4. The van der Waals surface area contributed by atoms with Crippen LogP contribution in [0, 0.1) is 12.3 Å². The van der Waals surface area contributed by atoms with Crippen molar-refractivity contribution in [3.8, 4) is 0 Å². The van der Waals surface area contributed by atoms with Crippen LogP contribution in [0.1, 0.15) is 65.6 Å². The van der Waals surface area contributed by atoms with E-state index in [0.29, 0.717) is 0 Å². The lowest BCUT2D eigenvalue weighted by atomic mass is 9.97. The lowest BCUT2D eigenvalue weighted by Gasteiger charge is -2.26. The SMILES string of the molecule is Cc1c(Br)ccc2c([C@@H](C)N[S+]([O-])C(C)(C)C)cn(CC(C)(C)C)c12. The van der Waals surface area contributed by atoms with Gasteiger partial charge in [-0.05, 0) is 57.2 Å². The Morgan fingerprint density at radius 1 is 1.20 bits per heavy atom. The average Bonchev–Trinajstić information content (AvgIpc) is 2.79. The Labute approximate surface area is 164 Å². The number of benzene rings is 1. The number of hydrogen-bond donors (Lipinski definition) is 1. The van der Waals surface area contributed by atoms with Crippen LogP contribution in [0.4, 0.5) is 0 Å². The molecule has 0 saturated carbocycles. The molecule has 2 aromatic rings. The van der Waals surface area contributed by atoms with Crippen LogP contribution in [-0.4, -0.2) is 13.9 Å². The van der Waals surface area contributed by atoms with Crippen LogP contribution >= 0.6 is 15.9 Å². The third kappa shape index (κ3) is 4.82. The van der Waals surface area contributed by atoms with Crippen molar-refractivity contribution in [1.82, 2.24) is 9.29 Å². The van der Waals surface area contributed by atoms with Crippen molar-refractivity contribution in [2.45, 2.75) is 72.7 Å². The zero-order valence-electron chi connectivity index (χ0n) is 16.7. The Morgan fingerprint density at radius 3 is 2.32 bits per heavy atom. The van der Waals surface area contributed by atoms with Crippen LogP contribution in [0.5, 0.6) is 0 Å². The van der Waals surface area contributed by atoms with E-state index >= 15 is 0 Å². The summed E-state index contributed by atoms with van der Waals surface area (Å²) in [7, 11) is 0. The molecule has 0 spiro atoms. The summed E-state index contributed by atoms with van der Waals surface area (Å²) in [6.07, 6.45) is 2.23. The number of hydrogen-bond acceptors (Lipinski definition) is 2. The van der Waals surface area contributed by atoms with E-state index in [2.05, 4.69) is 78.2 Å². The quantitative estimate of drug-likeness (QED) is 0.620. The third-order valence-corrected chi connectivity index (χ3v) is 6.75. The zero-order valence-corrected chi connectivity index (χ0v) is 19.1. The first kappa shape index (κ1) is 20.8. The normalized spacial score (nSPS) is 15.6. The summed E-state index contributed by atoms with van der Waals surface area (Å²) in [5.41, 5.74) is 3.89. The van der Waals surface area contributed by atoms with Gasteiger partial charge in [-0.3, -0.25) is 0 Å². The van der Waals surface area contributed by atoms with E-state index in [1.807, 2.05) is 20.8 Å². The highest BCUT2D eigenvalue weighted by Crippen LogP contribution is 2.34. The van der Waals surface area contributed by atoms with Crippen molar-refractivity contribution in [2.24, 2.45) is 5.41 Å². The van der Waals surface area contributed by atoms with Gasteiger partial charge < -0.3 is 9.12 Å². The van der Waals surface area contributed by atoms with E-state index in [1.54, 1.807) is 0 Å². The lowest BCUT2D eigenvalue weighted by Crippen LogP contribution is -2.40. The van der Waals surface area contributed by atoms with Crippen molar-refractivity contribution < 1.29 is 4.55 Å². The third-order valence-electron chi connectivity index (χ3n) is 4.21. The Kier molecular flexibility index (Phi) is 6.04. The molecule has 0 aliphatic rings. The van der Waals surface area contributed by atoms with Crippen LogP contribution in [-0.2, 0) is 17.9 Å². The fourth-order valence-electron chi connectivity index (χ4n) is 2.96. The maximum atomic E-state index is 12.5. The van der Waals surface area contributed by atoms with Gasteiger partial charge >= 0.3 is 0 Å². The van der Waals surface area contributed by atoms with Crippen molar-refractivity contribution >= 4 is 38.2 Å². The van der Waals surface area contributed by atoms with Gasteiger partial charge in [-0.1, -0.05) is 42.8 Å². The standard InChI is InChI=1S/C20H31BrN2OS/c1-13-17(21)10-9-15-16(14(2)22-25(24)20(6,7)8)11-23(18(13)15)12-19(3,4)5/h9-11,14,22H,12H2,1-8H3/t14-,25?/m1/s1. The maximum absolute atomic E-state index is 12.5. The highest BCUT2D eigenvalue weighted by molar-refractivity contribution is 9.10. The molecule has 0 aliphatic carbocycles. The van der Waals surface area contributed by atoms with Crippen LogP contribution in [0.2, 0.25) is 0 Å². The van der Waals surface area contributed by atoms with E-state index in [4.69, 9.17) is 0 Å². The van der Waals surface area contributed by atoms with Gasteiger partial charge in [0.2, 0.25) is 0 Å². The van der Waals surface area contributed by atoms with Gasteiger partial charge in [0.05, 0.1) is 11.6 Å². The minimum absolute atomic E-state index is 0.0179. The van der Waals surface area contributed by atoms with Gasteiger partial charge in [-0.25, -0.2) is 0 Å². The van der Waals surface area contributed by atoms with Gasteiger partial charge in [0.25, 0.3) is 0 Å². The number of nitrogens with zero attached hydrogens (tertiary/aromatic N) is 1. The van der Waals surface area contributed by atoms with Crippen LogP contribution in [0.25, 0.3) is 10.9 Å². The van der Waals surface area contributed by atoms with Crippen molar-refractivity contribution in [3.63, 3.8) is 0 Å². The fourth-order valence-corrected chi connectivity index (χ4v) is 4.08. The van der Waals surface area contributed by atoms with Crippen LogP contribution in [0.15, 0.2) is 22.8 Å². The summed E-state index contributed by atoms with van der Waals surface area (Å²) in [5, 5.41) is 1.23. The molecule has 0 saturated heterocycles. The number of aromatic nitrogens is 1. The smallest absolute Gasteiger partial charge is 0.136 e. The first-order chi connectivity index (χ1) is 11.3. The summed E-state index contributed by atoms with van der Waals surface area (Å²) in [5.74, 6) is 0. The van der Waals surface area contributed by atoms with E-state index in [0.717, 1.165) is 11.0 Å². The number of nitrogens with one attached hydrogen (secondary N) is 1. The van der Waals surface area contributed by atoms with E-state index in [-0.39, 0.29) is 16.2 Å². The molecule has 1 aromatic carbocycles. The molecule has 1 N–H and O–H groups in total. The molecule has 3 nitrogen and oxygen atoms in total. The predicted molar refractivity (Wildman–Crippen MR) is 113 cm³/mol. The molecule has 0 bridgehead atoms. The van der Waals surface area contributed by atoms with E-state index in [9.17, 15) is 4.55 Å². The second kappa shape index (κ2) is 7.26. The number of aryl methyl sites for hydroxylation is 1. The molecular weight excluding hydrogens is 396 g/mol. The summed E-state index contributed by atoms with van der Waals surface area (Å²) < 4.78 is 19.0. The molecule has 2 atom stereocenters. The maximum Gasteiger partial charge on any atom is 0.136 e. The fraction of sp³-hybridized carbons (Fsp3) is 0.600. The summed E-state index contributed by atoms with van der Waals surface area (Å²) in [6.45, 7) is 17.9. The molecule has 1 heterocycles. The summed E-state index contributed by atoms with van der Waals surface area (Å²) >= 11 is 2.57. The highest BCUT2D eigenvalue weighted by atomic mass is 79.9. The number of halogens is 1. The Balaban J connectivity index is 2.52. The summed E-state index contributed by atoms with van der Waals surface area (Å²) in [6, 6.07) is 4.29. The van der Waals surface area contributed by atoms with E-state index < -0.39 is 11.4 Å². The molecule has 0 amide bonds. The molecule has 1 unspecified atom stereocenters. The minimum atomic E-state index is -1.10. The van der Waals surface area contributed by atoms with E-state index in [1.165, 1.54) is 22.0 Å². The Bertz CT molecular complexity index is 756. The number of fused-ring (bicyclic) bond motifs is 1. The van der Waals surface area contributed by atoms with Gasteiger partial charge in [0.1, 0.15) is 4.75 Å². The minimum Gasteiger partial charge on any atom is -0.598 e. The van der Waals surface area contributed by atoms with Crippen molar-refractivity contribution in [1.29, 1.82) is 0 Å². The molecule has 5 heteroatoms. The van der Waals surface area contributed by atoms with Gasteiger partial charge in [0, 0.05) is 34.0 Å². The molecule has 0 aliphatic heterocycles. The average molecular weight is 427 g/mol. The molecule has 1 aromatic heterocycles. The molecule has 0 radical (unpaired) electrons. The molecule has 140 valence electrons. The first-order valence-corrected chi connectivity index (χ1v) is 10.7. The van der Waals surface area contributed by atoms with Gasteiger partial charge in [-0.2, -0.15) is 0 Å². The predicted octanol–water partition coefficient (Wildman–Crippen LogP) is 5.87. The first-order valence-electron chi connectivity index (χ1n) is 8.77. The zero-order chi connectivity index (χ0) is 19.2. The molecule has 2 rings (SSSR count). The molecular formula is C20H31BrN2OS. The topological polar surface area (TPSA) is 40.0 Å². The van der Waals surface area contributed by atoms with Gasteiger partial charge in [-0.15, -0.1) is 4.72 Å². The van der Waals surface area contributed by atoms with Crippen molar-refractivity contribution in [2.75, 3.05) is 0 Å². The monoisotopic (exact) mass is 426 g/mol. The highest BCUT2D eigenvalue weighted by Gasteiger charge is 2.29. The van der Waals surface area contributed by atoms with Crippen LogP contribution in [0.3, 0.4) is 0 Å². The second-order valence-electron chi connectivity index (χ2n) is 9.06. The molecule has 0 fully saturated rings. The molecule has 25 heavy (non-hydrogen) atoms. The van der Waals surface area contributed by atoms with Crippen LogP contribution < -0.4 is 4.72 Å². The van der Waals surface area contributed by atoms with Gasteiger partial charge in [0.15, 0.2) is 0 Å². The second-order valence-corrected chi connectivity index (χ2v) is 11.9. The largest absolute Gasteiger partial charge is 0.598 e. The Morgan fingerprint density at radius 2 is 1.80 bits per heavy atom.